The number of hydrogen-bond acceptors (Lipinski definition) is 2. The summed E-state index contributed by atoms with van der Waals surface area (Å²) >= 11 is 0. The summed E-state index contributed by atoms with van der Waals surface area (Å²) in [7, 11) is 0. The van der Waals surface area contributed by atoms with Crippen LogP contribution in [0.4, 0.5) is 0 Å². The van der Waals surface area contributed by atoms with E-state index < -0.39 is 0 Å². The second-order valence-corrected chi connectivity index (χ2v) is 17.1. The van der Waals surface area contributed by atoms with Crippen LogP contribution in [-0.2, 0) is 20.1 Å². The van der Waals surface area contributed by atoms with Crippen molar-refractivity contribution in [3.8, 4) is 62.0 Å². The Hall–Kier alpha value is -7.23. The van der Waals surface area contributed by atoms with Gasteiger partial charge in [-0.25, -0.2) is 0 Å². The Balaban J connectivity index is 0.000000365. The van der Waals surface area contributed by atoms with Crippen LogP contribution in [0.15, 0.2) is 212 Å². The monoisotopic (exact) mass is 1030 g/mol. The van der Waals surface area contributed by atoms with E-state index in [-0.39, 0.29) is 31.9 Å². The molecule has 4 heteroatoms. The molecule has 2 aromatic heterocycles. The molecule has 0 saturated heterocycles. The predicted molar refractivity (Wildman–Crippen MR) is 273 cm³/mol. The minimum atomic E-state index is 0. The van der Waals surface area contributed by atoms with Gasteiger partial charge in [-0.15, -0.1) is 59.7 Å². The van der Waals surface area contributed by atoms with Gasteiger partial charge in [0.2, 0.25) is 0 Å². The molecule has 0 unspecified atom stereocenters. The Morgan fingerprint density at radius 1 is 0.439 bits per heavy atom. The second-order valence-electron chi connectivity index (χ2n) is 17.1. The van der Waals surface area contributed by atoms with Crippen LogP contribution >= 0.6 is 0 Å². The third-order valence-corrected chi connectivity index (χ3v) is 12.3. The van der Waals surface area contributed by atoms with E-state index in [1.807, 2.05) is 42.5 Å². The van der Waals surface area contributed by atoms with Crippen molar-refractivity contribution in [2.75, 3.05) is 0 Å². The van der Waals surface area contributed by atoms with E-state index in [0.717, 1.165) is 45.2 Å². The molecule has 0 fully saturated rings. The third-order valence-electron chi connectivity index (χ3n) is 12.3. The molecule has 2 heterocycles. The smallest absolute Gasteiger partial charge is 0.0852 e. The molecular formula is C62H49IrN3-2. The van der Waals surface area contributed by atoms with E-state index in [2.05, 4.69) is 213 Å². The first-order chi connectivity index (χ1) is 31.9. The molecule has 11 rings (SSSR count). The Bertz CT molecular complexity index is 3300. The van der Waals surface area contributed by atoms with Crippen LogP contribution < -0.4 is 0 Å². The predicted octanol–water partition coefficient (Wildman–Crippen LogP) is 16.6. The molecule has 3 nitrogen and oxygen atoms in total. The Labute approximate surface area is 401 Å². The third kappa shape index (κ3) is 8.54. The summed E-state index contributed by atoms with van der Waals surface area (Å²) in [5.74, 6) is 1.39. The van der Waals surface area contributed by atoms with Crippen molar-refractivity contribution in [3.05, 3.63) is 236 Å². The molecular weight excluding hydrogens is 979 g/mol. The number of hydrogen-bond donors (Lipinski definition) is 0. The van der Waals surface area contributed by atoms with Gasteiger partial charge < -0.3 is 9.55 Å². The second kappa shape index (κ2) is 19.5. The fraction of sp³-hybridized carbons (Fsp3) is 0.0968. The van der Waals surface area contributed by atoms with Gasteiger partial charge in [0.05, 0.1) is 17.2 Å². The van der Waals surface area contributed by atoms with E-state index in [0.29, 0.717) is 0 Å². The molecule has 66 heavy (non-hydrogen) atoms. The maximum atomic E-state index is 5.67. The number of fused-ring (bicyclic) bond motifs is 6. The van der Waals surface area contributed by atoms with Gasteiger partial charge in [-0.2, -0.15) is 0 Å². The van der Waals surface area contributed by atoms with E-state index in [9.17, 15) is 0 Å². The van der Waals surface area contributed by atoms with Gasteiger partial charge in [-0.1, -0.05) is 196 Å². The first kappa shape index (κ1) is 44.0. The van der Waals surface area contributed by atoms with E-state index >= 15 is 0 Å². The zero-order valence-corrected chi connectivity index (χ0v) is 39.9. The summed E-state index contributed by atoms with van der Waals surface area (Å²) in [5, 5.41) is 7.40. The molecule has 9 aromatic carbocycles. The van der Waals surface area contributed by atoms with Crippen molar-refractivity contribution >= 4 is 32.3 Å². The molecule has 0 spiro atoms. The van der Waals surface area contributed by atoms with Gasteiger partial charge in [0.15, 0.2) is 0 Å². The zero-order valence-electron chi connectivity index (χ0n) is 37.5. The van der Waals surface area contributed by atoms with Crippen LogP contribution in [0.5, 0.6) is 0 Å². The zero-order chi connectivity index (χ0) is 44.3. The van der Waals surface area contributed by atoms with E-state index in [1.54, 1.807) is 6.20 Å². The normalized spacial score (nSPS) is 11.2. The summed E-state index contributed by atoms with van der Waals surface area (Å²) in [6, 6.07) is 79.7. The first-order valence-electron chi connectivity index (χ1n) is 22.5. The Morgan fingerprint density at radius 3 is 1.50 bits per heavy atom. The number of imidazole rings is 1. The van der Waals surface area contributed by atoms with E-state index in [4.69, 9.17) is 4.98 Å². The van der Waals surface area contributed by atoms with Crippen molar-refractivity contribution in [3.63, 3.8) is 0 Å². The summed E-state index contributed by atoms with van der Waals surface area (Å²) in [6.07, 6.45) is 1.79. The average Bonchev–Trinajstić information content (AvgIpc) is 3.78. The van der Waals surface area contributed by atoms with Gasteiger partial charge >= 0.3 is 0 Å². The summed E-state index contributed by atoms with van der Waals surface area (Å²) in [4.78, 5) is 9.88. The Kier molecular flexibility index (Phi) is 13.0. The molecule has 11 aromatic rings. The standard InChI is InChI=1S/C51H41N2.C11H8N.Ir/c1-33(2)45-31-39(35-18-8-5-9-19-35)32-46(34(3)4)50(45)53-49(37-22-12-7-13-23-37)48(36-20-10-6-11-21-36)52-51(53)38-28-29-44-42-26-15-14-24-40(42)41-25-16-17-27-43(41)47(44)30-38;1-2-6-10(7-3-1)11-8-4-5-9-12-11;/h5-27,29-34H,1-4H3;1-6,8-9H;/q2*-1;. The maximum Gasteiger partial charge on any atom is 0.0852 e. The van der Waals surface area contributed by atoms with Crippen LogP contribution in [0.3, 0.4) is 0 Å². The number of benzene rings is 9. The molecule has 0 saturated carbocycles. The summed E-state index contributed by atoms with van der Waals surface area (Å²) in [6.45, 7) is 9.25. The molecule has 0 N–H and O–H groups in total. The van der Waals surface area contributed by atoms with Crippen LogP contribution in [0.1, 0.15) is 50.7 Å². The van der Waals surface area contributed by atoms with Gasteiger partial charge in [0, 0.05) is 37.6 Å². The molecule has 323 valence electrons. The van der Waals surface area contributed by atoms with Crippen LogP contribution in [0.2, 0.25) is 0 Å². The minimum Gasteiger partial charge on any atom is -0.332 e. The van der Waals surface area contributed by atoms with Crippen molar-refractivity contribution < 1.29 is 20.1 Å². The number of nitrogens with zero attached hydrogens (tertiary/aromatic N) is 3. The van der Waals surface area contributed by atoms with Crippen molar-refractivity contribution in [1.82, 2.24) is 14.5 Å². The molecule has 0 aliphatic heterocycles. The number of pyridine rings is 1. The summed E-state index contributed by atoms with van der Waals surface area (Å²) < 4.78 is 2.47. The molecule has 0 amide bonds. The van der Waals surface area contributed by atoms with Crippen molar-refractivity contribution in [2.24, 2.45) is 0 Å². The minimum absolute atomic E-state index is 0. The molecule has 0 bridgehead atoms. The van der Waals surface area contributed by atoms with Gasteiger partial charge in [-0.3, -0.25) is 4.98 Å². The molecule has 0 atom stereocenters. The summed E-state index contributed by atoms with van der Waals surface area (Å²) in [5.41, 5.74) is 13.5. The molecule has 0 aliphatic rings. The van der Waals surface area contributed by atoms with E-state index in [1.165, 1.54) is 60.3 Å². The topological polar surface area (TPSA) is 30.7 Å². The quantitative estimate of drug-likeness (QED) is 0.112. The van der Waals surface area contributed by atoms with Gasteiger partial charge in [0.25, 0.3) is 0 Å². The number of aromatic nitrogens is 3. The fourth-order valence-electron chi connectivity index (χ4n) is 9.14. The van der Waals surface area contributed by atoms with Gasteiger partial charge in [-0.05, 0) is 79.7 Å². The number of rotatable bonds is 8. The van der Waals surface area contributed by atoms with Crippen LogP contribution in [-0.4, -0.2) is 14.5 Å². The van der Waals surface area contributed by atoms with Gasteiger partial charge in [0.1, 0.15) is 0 Å². The van der Waals surface area contributed by atoms with Crippen molar-refractivity contribution in [2.45, 2.75) is 39.5 Å². The van der Waals surface area contributed by atoms with Crippen molar-refractivity contribution in [1.29, 1.82) is 0 Å². The SMILES string of the molecule is CC(C)c1cc(-c2ccccc2)cc(C(C)C)c1-n1c(-c2[c-]cc3c4ccccc4c4ccccc4c3c2)nc(-c2ccccc2)c1-c1ccccc1.[Ir].[c-]1ccccc1-c1ccccn1. The van der Waals surface area contributed by atoms with Crippen LogP contribution in [0.25, 0.3) is 94.3 Å². The average molecular weight is 1030 g/mol. The largest absolute Gasteiger partial charge is 0.332 e. The first-order valence-corrected chi connectivity index (χ1v) is 22.5. The Morgan fingerprint density at radius 2 is 0.955 bits per heavy atom. The fourth-order valence-corrected chi connectivity index (χ4v) is 9.14. The van der Waals surface area contributed by atoms with Crippen LogP contribution in [0, 0.1) is 12.1 Å². The maximum absolute atomic E-state index is 5.67. The molecule has 0 aliphatic carbocycles. The molecule has 1 radical (unpaired) electrons.